The summed E-state index contributed by atoms with van der Waals surface area (Å²) in [4.78, 5) is 29.6. The van der Waals surface area contributed by atoms with E-state index in [1.54, 1.807) is 6.92 Å². The van der Waals surface area contributed by atoms with Crippen molar-refractivity contribution < 1.29 is 27.8 Å². The fourth-order valence-corrected chi connectivity index (χ4v) is 4.19. The summed E-state index contributed by atoms with van der Waals surface area (Å²) in [6.07, 6.45) is 2.64. The van der Waals surface area contributed by atoms with Crippen LogP contribution in [0.3, 0.4) is 0 Å². The lowest BCUT2D eigenvalue weighted by Crippen LogP contribution is -2.15. The number of hydrogen-bond donors (Lipinski definition) is 0. The standard InChI is InChI=1S/C23H18F2N2O5S/c1-2-30-18-11-14(7-9-17(18)32-22(24)25)8-10-21(29)31-13-15-12-20(28)27-16-5-3-4-6-19(16)33-23(27)26-15/h3-12,22H,2,13H2,1H3. The number of thiazole rings is 1. The van der Waals surface area contributed by atoms with E-state index in [4.69, 9.17) is 9.47 Å². The van der Waals surface area contributed by atoms with Crippen molar-refractivity contribution in [1.82, 2.24) is 9.38 Å². The van der Waals surface area contributed by atoms with Crippen molar-refractivity contribution in [2.24, 2.45) is 0 Å². The first-order chi connectivity index (χ1) is 15.9. The quantitative estimate of drug-likeness (QED) is 0.274. The van der Waals surface area contributed by atoms with Crippen molar-refractivity contribution in [2.75, 3.05) is 6.61 Å². The molecule has 0 N–H and O–H groups in total. The lowest BCUT2D eigenvalue weighted by atomic mass is 10.2. The molecule has 0 radical (unpaired) electrons. The van der Waals surface area contributed by atoms with E-state index in [1.165, 1.54) is 52.2 Å². The molecule has 33 heavy (non-hydrogen) atoms. The molecule has 170 valence electrons. The first-order valence-corrected chi connectivity index (χ1v) is 10.7. The van der Waals surface area contributed by atoms with Crippen LogP contribution in [0, 0.1) is 0 Å². The van der Waals surface area contributed by atoms with Gasteiger partial charge in [0.1, 0.15) is 6.61 Å². The molecule has 0 saturated heterocycles. The van der Waals surface area contributed by atoms with Crippen molar-refractivity contribution in [3.05, 3.63) is 76.2 Å². The summed E-state index contributed by atoms with van der Waals surface area (Å²) in [5.74, 6) is -0.616. The SMILES string of the molecule is CCOc1cc(C=CC(=O)OCc2cc(=O)n3c(n2)sc2ccccc23)ccc1OC(F)F. The molecule has 2 aromatic carbocycles. The molecule has 4 rings (SSSR count). The van der Waals surface area contributed by atoms with Crippen LogP contribution in [0.2, 0.25) is 0 Å². The third kappa shape index (κ3) is 5.17. The Morgan fingerprint density at radius 3 is 2.79 bits per heavy atom. The first kappa shape index (κ1) is 22.4. The molecular formula is C23H18F2N2O5S. The van der Waals surface area contributed by atoms with Crippen LogP contribution in [-0.2, 0) is 16.1 Å². The van der Waals surface area contributed by atoms with E-state index in [0.717, 1.165) is 10.2 Å². The third-order valence-electron chi connectivity index (χ3n) is 4.51. The van der Waals surface area contributed by atoms with Crippen molar-refractivity contribution >= 4 is 38.6 Å². The van der Waals surface area contributed by atoms with Crippen LogP contribution in [0.15, 0.2) is 59.4 Å². The molecule has 0 atom stereocenters. The molecule has 0 aliphatic carbocycles. The summed E-state index contributed by atoms with van der Waals surface area (Å²) in [5.41, 5.74) is 1.38. The Kier molecular flexibility index (Phi) is 6.64. The van der Waals surface area contributed by atoms with Gasteiger partial charge < -0.3 is 14.2 Å². The average Bonchev–Trinajstić information content (AvgIpc) is 3.16. The van der Waals surface area contributed by atoms with E-state index >= 15 is 0 Å². The van der Waals surface area contributed by atoms with Crippen LogP contribution in [0.5, 0.6) is 11.5 Å². The third-order valence-corrected chi connectivity index (χ3v) is 5.53. The molecule has 0 amide bonds. The molecule has 0 aliphatic heterocycles. The number of hydrogen-bond acceptors (Lipinski definition) is 7. The summed E-state index contributed by atoms with van der Waals surface area (Å²) in [6.45, 7) is -1.18. The molecule has 2 aromatic heterocycles. The largest absolute Gasteiger partial charge is 0.490 e. The van der Waals surface area contributed by atoms with Crippen LogP contribution in [0.1, 0.15) is 18.2 Å². The van der Waals surface area contributed by atoms with Gasteiger partial charge in [-0.25, -0.2) is 9.78 Å². The lowest BCUT2D eigenvalue weighted by Gasteiger charge is -2.11. The van der Waals surface area contributed by atoms with E-state index in [0.29, 0.717) is 16.2 Å². The highest BCUT2D eigenvalue weighted by atomic mass is 32.1. The summed E-state index contributed by atoms with van der Waals surface area (Å²) in [7, 11) is 0. The maximum absolute atomic E-state index is 12.5. The number of fused-ring (bicyclic) bond motifs is 3. The molecule has 2 heterocycles. The van der Waals surface area contributed by atoms with Gasteiger partial charge in [-0.15, -0.1) is 0 Å². The van der Waals surface area contributed by atoms with Crippen molar-refractivity contribution in [2.45, 2.75) is 20.1 Å². The zero-order valence-electron chi connectivity index (χ0n) is 17.4. The monoisotopic (exact) mass is 472 g/mol. The highest BCUT2D eigenvalue weighted by molar-refractivity contribution is 7.23. The molecule has 0 spiro atoms. The van der Waals surface area contributed by atoms with E-state index in [2.05, 4.69) is 9.72 Å². The molecular weight excluding hydrogens is 454 g/mol. The van der Waals surface area contributed by atoms with Crippen LogP contribution < -0.4 is 15.0 Å². The Morgan fingerprint density at radius 2 is 2.00 bits per heavy atom. The fraction of sp³-hybridized carbons (Fsp3) is 0.174. The molecule has 0 fully saturated rings. The summed E-state index contributed by atoms with van der Waals surface area (Å²) in [6, 6.07) is 13.1. The van der Waals surface area contributed by atoms with Gasteiger partial charge in [-0.05, 0) is 42.8 Å². The van der Waals surface area contributed by atoms with Crippen LogP contribution >= 0.6 is 11.3 Å². The zero-order chi connectivity index (χ0) is 23.4. The topological polar surface area (TPSA) is 79.1 Å². The van der Waals surface area contributed by atoms with Gasteiger partial charge in [0.15, 0.2) is 16.5 Å². The Bertz CT molecular complexity index is 1400. The highest BCUT2D eigenvalue weighted by Crippen LogP contribution is 2.30. The van der Waals surface area contributed by atoms with E-state index in [1.807, 2.05) is 24.3 Å². The van der Waals surface area contributed by atoms with Crippen LogP contribution in [0.25, 0.3) is 21.3 Å². The minimum absolute atomic E-state index is 0.0967. The van der Waals surface area contributed by atoms with Crippen LogP contribution in [-0.4, -0.2) is 28.6 Å². The Morgan fingerprint density at radius 1 is 1.18 bits per heavy atom. The molecule has 0 bridgehead atoms. The summed E-state index contributed by atoms with van der Waals surface area (Å²) >= 11 is 1.37. The predicted molar refractivity (Wildman–Crippen MR) is 120 cm³/mol. The molecule has 0 saturated carbocycles. The van der Waals surface area contributed by atoms with Crippen molar-refractivity contribution in [3.63, 3.8) is 0 Å². The maximum Gasteiger partial charge on any atom is 0.387 e. The predicted octanol–water partition coefficient (Wildman–Crippen LogP) is 4.67. The maximum atomic E-state index is 12.5. The van der Waals surface area contributed by atoms with Gasteiger partial charge >= 0.3 is 12.6 Å². The van der Waals surface area contributed by atoms with E-state index in [9.17, 15) is 18.4 Å². The lowest BCUT2D eigenvalue weighted by molar-refractivity contribution is -0.139. The van der Waals surface area contributed by atoms with Gasteiger partial charge in [0.25, 0.3) is 5.56 Å². The Hall–Kier alpha value is -3.79. The summed E-state index contributed by atoms with van der Waals surface area (Å²) < 4.78 is 42.4. The van der Waals surface area contributed by atoms with Gasteiger partial charge in [0.2, 0.25) is 0 Å². The number of carbonyl (C=O) groups is 1. The van der Waals surface area contributed by atoms with Crippen molar-refractivity contribution in [3.8, 4) is 11.5 Å². The number of alkyl halides is 2. The van der Waals surface area contributed by atoms with Gasteiger partial charge in [-0.1, -0.05) is 29.5 Å². The molecule has 4 aromatic rings. The van der Waals surface area contributed by atoms with Crippen molar-refractivity contribution in [1.29, 1.82) is 0 Å². The molecule has 0 aliphatic rings. The minimum Gasteiger partial charge on any atom is -0.490 e. The Balaban J connectivity index is 1.45. The average molecular weight is 472 g/mol. The molecule has 10 heteroatoms. The van der Waals surface area contributed by atoms with Crippen LogP contribution in [0.4, 0.5) is 8.78 Å². The number of nitrogens with zero attached hydrogens (tertiary/aromatic N) is 2. The fourth-order valence-electron chi connectivity index (χ4n) is 3.14. The van der Waals surface area contributed by atoms with Gasteiger partial charge in [0.05, 0.1) is 22.5 Å². The molecule has 0 unspecified atom stereocenters. The second-order valence-corrected chi connectivity index (χ2v) is 7.74. The van der Waals surface area contributed by atoms with Gasteiger partial charge in [0, 0.05) is 12.1 Å². The van der Waals surface area contributed by atoms with E-state index in [-0.39, 0.29) is 30.3 Å². The van der Waals surface area contributed by atoms with E-state index < -0.39 is 12.6 Å². The number of ether oxygens (including phenoxy) is 3. The normalized spacial score (nSPS) is 11.5. The second-order valence-electron chi connectivity index (χ2n) is 6.73. The Labute approximate surface area is 190 Å². The number of esters is 1. The zero-order valence-corrected chi connectivity index (χ0v) is 18.2. The molecule has 7 nitrogen and oxygen atoms in total. The second kappa shape index (κ2) is 9.78. The smallest absolute Gasteiger partial charge is 0.387 e. The number of carbonyl (C=O) groups excluding carboxylic acids is 1. The highest BCUT2D eigenvalue weighted by Gasteiger charge is 2.12. The number of halogens is 2. The minimum atomic E-state index is -2.98. The number of rotatable bonds is 8. The van der Waals surface area contributed by atoms with Gasteiger partial charge in [-0.2, -0.15) is 8.78 Å². The number of para-hydroxylation sites is 1. The number of benzene rings is 2. The number of aromatic nitrogens is 2. The first-order valence-electron chi connectivity index (χ1n) is 9.91. The summed E-state index contributed by atoms with van der Waals surface area (Å²) in [5, 5.41) is 0. The van der Waals surface area contributed by atoms with Gasteiger partial charge in [-0.3, -0.25) is 9.20 Å².